The van der Waals surface area contributed by atoms with Gasteiger partial charge in [0.25, 0.3) is 0 Å². The van der Waals surface area contributed by atoms with Crippen molar-refractivity contribution in [2.75, 3.05) is 13.1 Å². The van der Waals surface area contributed by atoms with E-state index in [1.54, 1.807) is 23.0 Å². The van der Waals surface area contributed by atoms with Gasteiger partial charge < -0.3 is 15.4 Å². The first-order chi connectivity index (χ1) is 11.6. The molecule has 3 N–H and O–H groups in total. The fourth-order valence-electron chi connectivity index (χ4n) is 3.17. The van der Waals surface area contributed by atoms with Crippen LogP contribution in [0.4, 0.5) is 4.39 Å². The highest BCUT2D eigenvalue weighted by molar-refractivity contribution is 5.75. The number of H-pyrrole nitrogens is 1. The first kappa shape index (κ1) is 15.2. The molecule has 2 aromatic heterocycles. The summed E-state index contributed by atoms with van der Waals surface area (Å²) in [6.45, 7) is 2.00. The number of rotatable bonds is 3. The number of hydrogen-bond donors (Lipinski definition) is 3. The monoisotopic (exact) mass is 330 g/mol. The average Bonchev–Trinajstić information content (AvgIpc) is 3.13. The predicted molar refractivity (Wildman–Crippen MR) is 85.8 cm³/mol. The van der Waals surface area contributed by atoms with Crippen molar-refractivity contribution in [3.63, 3.8) is 0 Å². The zero-order valence-corrected chi connectivity index (χ0v) is 13.2. The molecule has 1 aliphatic heterocycles. The van der Waals surface area contributed by atoms with Crippen molar-refractivity contribution >= 4 is 11.0 Å². The Balaban J connectivity index is 1.57. The van der Waals surface area contributed by atoms with Gasteiger partial charge in [0, 0.05) is 0 Å². The van der Waals surface area contributed by atoms with Crippen LogP contribution in [0.3, 0.4) is 0 Å². The van der Waals surface area contributed by atoms with Gasteiger partial charge in [0.05, 0.1) is 11.7 Å². The molecule has 0 radical (unpaired) electrons. The molecule has 0 aliphatic carbocycles. The highest BCUT2D eigenvalue weighted by atomic mass is 19.1. The number of aliphatic hydroxyl groups is 1. The molecule has 1 fully saturated rings. The molecule has 0 amide bonds. The van der Waals surface area contributed by atoms with Crippen LogP contribution < -0.4 is 5.32 Å². The van der Waals surface area contributed by atoms with E-state index in [1.807, 2.05) is 0 Å². The van der Waals surface area contributed by atoms with Crippen molar-refractivity contribution in [2.24, 2.45) is 0 Å². The third-order valence-electron chi connectivity index (χ3n) is 4.50. The van der Waals surface area contributed by atoms with Gasteiger partial charge in [0.15, 0.2) is 5.82 Å². The summed E-state index contributed by atoms with van der Waals surface area (Å²) < 4.78 is 15.3. The van der Waals surface area contributed by atoms with Gasteiger partial charge in [0.2, 0.25) is 0 Å². The van der Waals surface area contributed by atoms with E-state index < -0.39 is 5.60 Å². The van der Waals surface area contributed by atoms with E-state index in [0.717, 1.165) is 19.5 Å². The van der Waals surface area contributed by atoms with Crippen molar-refractivity contribution in [3.05, 3.63) is 41.7 Å². The quantitative estimate of drug-likeness (QED) is 0.673. The maximum Gasteiger partial charge on any atom is 0.151 e. The third kappa shape index (κ3) is 2.78. The number of halogens is 1. The Morgan fingerprint density at radius 1 is 1.29 bits per heavy atom. The van der Waals surface area contributed by atoms with Gasteiger partial charge in [0.1, 0.15) is 29.2 Å². The number of hydrogen-bond acceptors (Lipinski definition) is 5. The number of benzene rings is 1. The second kappa shape index (κ2) is 5.95. The minimum Gasteiger partial charge on any atom is -0.383 e. The van der Waals surface area contributed by atoms with Crippen LogP contribution in [0, 0.1) is 5.82 Å². The molecular formula is C16H19FN6O. The molecule has 126 valence electrons. The summed E-state index contributed by atoms with van der Waals surface area (Å²) in [5.74, 6) is 0.246. The molecule has 1 saturated heterocycles. The molecule has 3 heterocycles. The molecular weight excluding hydrogens is 311 g/mol. The second-order valence-electron chi connectivity index (χ2n) is 6.26. The normalized spacial score (nSPS) is 21.9. The van der Waals surface area contributed by atoms with Crippen molar-refractivity contribution in [1.82, 2.24) is 30.3 Å². The van der Waals surface area contributed by atoms with Crippen molar-refractivity contribution in [1.29, 1.82) is 0 Å². The summed E-state index contributed by atoms with van der Waals surface area (Å²) in [6, 6.07) is 4.81. The Labute approximate surface area is 137 Å². The maximum absolute atomic E-state index is 13.7. The summed E-state index contributed by atoms with van der Waals surface area (Å²) >= 11 is 0. The SMILES string of the molecule is OC1(c2cn(Cc3nc4c(F)cccc4[nH]3)nn2)CCCNCC1. The molecule has 8 heteroatoms. The lowest BCUT2D eigenvalue weighted by Crippen LogP contribution is -2.27. The number of nitrogens with zero attached hydrogens (tertiary/aromatic N) is 4. The number of aromatic nitrogens is 5. The van der Waals surface area contributed by atoms with E-state index in [4.69, 9.17) is 0 Å². The Hall–Kier alpha value is -2.32. The fraction of sp³-hybridized carbons (Fsp3) is 0.438. The van der Waals surface area contributed by atoms with Gasteiger partial charge in [-0.15, -0.1) is 5.10 Å². The minimum atomic E-state index is -0.943. The molecule has 1 unspecified atom stereocenters. The lowest BCUT2D eigenvalue weighted by atomic mass is 9.92. The Bertz CT molecular complexity index is 849. The number of para-hydroxylation sites is 1. The summed E-state index contributed by atoms with van der Waals surface area (Å²) in [6.07, 6.45) is 3.91. The molecule has 7 nitrogen and oxygen atoms in total. The highest BCUT2D eigenvalue weighted by Gasteiger charge is 2.33. The van der Waals surface area contributed by atoms with Crippen molar-refractivity contribution in [2.45, 2.75) is 31.4 Å². The van der Waals surface area contributed by atoms with E-state index in [0.29, 0.717) is 41.9 Å². The molecule has 4 rings (SSSR count). The lowest BCUT2D eigenvalue weighted by molar-refractivity contribution is 0.0196. The summed E-state index contributed by atoms with van der Waals surface area (Å²) in [7, 11) is 0. The van der Waals surface area contributed by atoms with Gasteiger partial charge in [-0.1, -0.05) is 11.3 Å². The van der Waals surface area contributed by atoms with Crippen LogP contribution >= 0.6 is 0 Å². The van der Waals surface area contributed by atoms with Crippen LogP contribution in [0.1, 0.15) is 30.8 Å². The van der Waals surface area contributed by atoms with Crippen molar-refractivity contribution in [3.8, 4) is 0 Å². The van der Waals surface area contributed by atoms with E-state index in [1.165, 1.54) is 6.07 Å². The Kier molecular flexibility index (Phi) is 3.78. The number of aromatic amines is 1. The fourth-order valence-corrected chi connectivity index (χ4v) is 3.17. The van der Waals surface area contributed by atoms with E-state index in [-0.39, 0.29) is 5.82 Å². The first-order valence-electron chi connectivity index (χ1n) is 8.11. The standard InChI is InChI=1S/C16H19FN6O/c17-11-3-1-4-12-15(11)20-14(19-12)10-23-9-13(21-22-23)16(24)5-2-7-18-8-6-16/h1,3-4,9,18,24H,2,5-8,10H2,(H,19,20). The molecule has 0 spiro atoms. The van der Waals surface area contributed by atoms with Crippen LogP contribution in [0.2, 0.25) is 0 Å². The first-order valence-corrected chi connectivity index (χ1v) is 8.11. The van der Waals surface area contributed by atoms with Crippen LogP contribution in [0.5, 0.6) is 0 Å². The molecule has 0 bridgehead atoms. The van der Waals surface area contributed by atoms with Crippen LogP contribution in [-0.2, 0) is 12.1 Å². The number of fused-ring (bicyclic) bond motifs is 1. The second-order valence-corrected chi connectivity index (χ2v) is 6.26. The molecule has 1 aromatic carbocycles. The Morgan fingerprint density at radius 2 is 2.21 bits per heavy atom. The predicted octanol–water partition coefficient (Wildman–Crippen LogP) is 1.30. The zero-order valence-electron chi connectivity index (χ0n) is 13.2. The van der Waals surface area contributed by atoms with E-state index in [9.17, 15) is 9.50 Å². The van der Waals surface area contributed by atoms with Gasteiger partial charge in [-0.3, -0.25) is 0 Å². The summed E-state index contributed by atoms with van der Waals surface area (Å²) in [4.78, 5) is 7.35. The third-order valence-corrected chi connectivity index (χ3v) is 4.50. The lowest BCUT2D eigenvalue weighted by Gasteiger charge is -2.23. The maximum atomic E-state index is 13.7. The van der Waals surface area contributed by atoms with Crippen LogP contribution in [0.25, 0.3) is 11.0 Å². The summed E-state index contributed by atoms with van der Waals surface area (Å²) in [5.41, 5.74) is 0.607. The Morgan fingerprint density at radius 3 is 3.08 bits per heavy atom. The summed E-state index contributed by atoms with van der Waals surface area (Å²) in [5, 5.41) is 22.3. The molecule has 24 heavy (non-hydrogen) atoms. The highest BCUT2D eigenvalue weighted by Crippen LogP contribution is 2.29. The van der Waals surface area contributed by atoms with Crippen molar-refractivity contribution < 1.29 is 9.50 Å². The number of imidazole rings is 1. The molecule has 1 aliphatic rings. The van der Waals surface area contributed by atoms with E-state index >= 15 is 0 Å². The van der Waals surface area contributed by atoms with Gasteiger partial charge in [-0.05, 0) is 44.5 Å². The van der Waals surface area contributed by atoms with Crippen LogP contribution in [0.15, 0.2) is 24.4 Å². The van der Waals surface area contributed by atoms with Gasteiger partial charge in [-0.2, -0.15) is 0 Å². The zero-order chi connectivity index (χ0) is 16.6. The van der Waals surface area contributed by atoms with Gasteiger partial charge >= 0.3 is 0 Å². The number of nitrogens with one attached hydrogen (secondary N) is 2. The average molecular weight is 330 g/mol. The van der Waals surface area contributed by atoms with E-state index in [2.05, 4.69) is 25.6 Å². The largest absolute Gasteiger partial charge is 0.383 e. The molecule has 0 saturated carbocycles. The minimum absolute atomic E-state index is 0.321. The van der Waals surface area contributed by atoms with Gasteiger partial charge in [-0.25, -0.2) is 14.1 Å². The molecule has 3 aromatic rings. The molecule has 1 atom stereocenters. The van der Waals surface area contributed by atoms with Crippen LogP contribution in [-0.4, -0.2) is 43.2 Å². The topological polar surface area (TPSA) is 91.6 Å². The smallest absolute Gasteiger partial charge is 0.151 e.